The summed E-state index contributed by atoms with van der Waals surface area (Å²) in [4.78, 5) is 10.8. The van der Waals surface area contributed by atoms with Gasteiger partial charge in [-0.15, -0.1) is 11.3 Å². The first-order valence-electron chi connectivity index (χ1n) is 10.7. The summed E-state index contributed by atoms with van der Waals surface area (Å²) in [5.41, 5.74) is 6.78. The number of aliphatic imine (C=N–C) groups is 1. The van der Waals surface area contributed by atoms with Gasteiger partial charge in [0.1, 0.15) is 6.17 Å². The predicted molar refractivity (Wildman–Crippen MR) is 132 cm³/mol. The van der Waals surface area contributed by atoms with Gasteiger partial charge in [-0.05, 0) is 90.2 Å². The number of allylic oxidation sites excluding steroid dienone is 1. The lowest BCUT2D eigenvalue weighted by molar-refractivity contribution is 0.252. The van der Waals surface area contributed by atoms with Gasteiger partial charge in [0.05, 0.1) is 6.04 Å². The molecule has 32 heavy (non-hydrogen) atoms. The van der Waals surface area contributed by atoms with Crippen molar-refractivity contribution in [1.82, 2.24) is 9.88 Å². The molecule has 0 saturated heterocycles. The molecule has 2 atom stereocenters. The number of benzene rings is 2. The van der Waals surface area contributed by atoms with Gasteiger partial charge in [0.15, 0.2) is 0 Å². The lowest BCUT2D eigenvalue weighted by Gasteiger charge is -2.38. The van der Waals surface area contributed by atoms with Crippen molar-refractivity contribution in [3.05, 3.63) is 94.9 Å². The second-order valence-electron chi connectivity index (χ2n) is 8.19. The highest BCUT2D eigenvalue weighted by Crippen LogP contribution is 2.37. The second-order valence-corrected chi connectivity index (χ2v) is 9.10. The lowest BCUT2D eigenvalue weighted by Crippen LogP contribution is -2.34. The van der Waals surface area contributed by atoms with Crippen LogP contribution in [-0.4, -0.2) is 22.3 Å². The van der Waals surface area contributed by atoms with E-state index in [2.05, 4.69) is 77.4 Å². The molecule has 0 aliphatic carbocycles. The summed E-state index contributed by atoms with van der Waals surface area (Å²) >= 11 is 1.79. The third-order valence-corrected chi connectivity index (χ3v) is 7.21. The van der Waals surface area contributed by atoms with Gasteiger partial charge in [-0.3, -0.25) is 4.99 Å². The minimum Gasteiger partial charge on any atom is -0.343 e. The van der Waals surface area contributed by atoms with Crippen molar-refractivity contribution in [2.75, 3.05) is 0 Å². The molecule has 5 heteroatoms. The number of aryl methyl sites for hydroxylation is 1. The van der Waals surface area contributed by atoms with E-state index in [9.17, 15) is 4.39 Å². The average Bonchev–Trinajstić information content (AvgIpc) is 3.19. The van der Waals surface area contributed by atoms with Crippen LogP contribution < -0.4 is 0 Å². The van der Waals surface area contributed by atoms with Gasteiger partial charge < -0.3 is 4.90 Å². The Kier molecular flexibility index (Phi) is 5.35. The van der Waals surface area contributed by atoms with Gasteiger partial charge >= 0.3 is 0 Å². The number of hydrogen-bond donors (Lipinski definition) is 0. The van der Waals surface area contributed by atoms with Crippen LogP contribution in [0.5, 0.6) is 0 Å². The summed E-state index contributed by atoms with van der Waals surface area (Å²) in [5, 5.41) is 3.52. The summed E-state index contributed by atoms with van der Waals surface area (Å²) in [6, 6.07) is 18.4. The average molecular weight is 442 g/mol. The molecule has 0 amide bonds. The molecule has 3 heterocycles. The molecule has 0 radical (unpaired) electrons. The largest absolute Gasteiger partial charge is 0.343 e. The Bertz CT molecular complexity index is 1340. The first-order valence-corrected chi connectivity index (χ1v) is 11.6. The fourth-order valence-corrected chi connectivity index (χ4v) is 5.30. The van der Waals surface area contributed by atoms with Crippen LogP contribution in [0.15, 0.2) is 77.2 Å². The first-order chi connectivity index (χ1) is 15.5. The third kappa shape index (κ3) is 3.73. The van der Waals surface area contributed by atoms with E-state index in [1.165, 1.54) is 38.5 Å². The lowest BCUT2D eigenvalue weighted by atomic mass is 9.98. The van der Waals surface area contributed by atoms with Crippen LogP contribution in [0.4, 0.5) is 4.39 Å². The Morgan fingerprint density at radius 1 is 1.03 bits per heavy atom. The van der Waals surface area contributed by atoms with Crippen molar-refractivity contribution in [2.45, 2.75) is 33.0 Å². The molecular formula is C27H24FN3S. The topological polar surface area (TPSA) is 28.5 Å². The highest BCUT2D eigenvalue weighted by molar-refractivity contribution is 7.17. The highest BCUT2D eigenvalue weighted by atomic mass is 32.1. The maximum atomic E-state index is 13.3. The van der Waals surface area contributed by atoms with Gasteiger partial charge in [-0.2, -0.15) is 4.39 Å². The van der Waals surface area contributed by atoms with Crippen molar-refractivity contribution in [3.63, 3.8) is 0 Å². The number of nitrogens with zero attached hydrogens (tertiary/aromatic N) is 3. The SMILES string of the molecule is Cc1csc2ccc(C3=CC=NC(C)N3[C@@H](C)c3cccc(-c4ccc(F)nc4)c3)cc12. The van der Waals surface area contributed by atoms with E-state index in [0.717, 1.165) is 11.1 Å². The number of fused-ring (bicyclic) bond motifs is 1. The van der Waals surface area contributed by atoms with Gasteiger partial charge in [0.2, 0.25) is 5.95 Å². The number of aromatic nitrogens is 1. The number of pyridine rings is 1. The molecule has 0 bridgehead atoms. The molecular weight excluding hydrogens is 417 g/mol. The van der Waals surface area contributed by atoms with E-state index < -0.39 is 5.95 Å². The zero-order valence-electron chi connectivity index (χ0n) is 18.3. The summed E-state index contributed by atoms with van der Waals surface area (Å²) in [7, 11) is 0. The standard InChI is InChI=1S/C27H24FN3S/c1-17-16-32-26-9-7-22(14-24(17)26)25-11-12-29-19(3)31(25)18(2)20-5-4-6-21(13-20)23-8-10-27(28)30-15-23/h4-16,18-19H,1-3H3/t18-,19?/m0/s1. The minimum absolute atomic E-state index is 0.0143. The van der Waals surface area contributed by atoms with Crippen LogP contribution in [0.2, 0.25) is 0 Å². The maximum Gasteiger partial charge on any atom is 0.212 e. The Hall–Kier alpha value is -3.31. The zero-order chi connectivity index (χ0) is 22.2. The molecule has 2 aromatic carbocycles. The van der Waals surface area contributed by atoms with Crippen molar-refractivity contribution in [1.29, 1.82) is 0 Å². The molecule has 5 rings (SSSR count). The van der Waals surface area contributed by atoms with E-state index in [0.29, 0.717) is 0 Å². The van der Waals surface area contributed by atoms with Gasteiger partial charge in [-0.1, -0.05) is 24.3 Å². The van der Waals surface area contributed by atoms with E-state index >= 15 is 0 Å². The molecule has 3 nitrogen and oxygen atoms in total. The second kappa shape index (κ2) is 8.32. The Morgan fingerprint density at radius 2 is 1.88 bits per heavy atom. The van der Waals surface area contributed by atoms with Gasteiger partial charge in [-0.25, -0.2) is 4.98 Å². The van der Waals surface area contributed by atoms with E-state index in [1.54, 1.807) is 23.6 Å². The summed E-state index contributed by atoms with van der Waals surface area (Å²) in [6.07, 6.45) is 5.61. The molecule has 0 N–H and O–H groups in total. The quantitative estimate of drug-likeness (QED) is 0.312. The fourth-order valence-electron chi connectivity index (χ4n) is 4.38. The molecule has 160 valence electrons. The Morgan fingerprint density at radius 3 is 2.69 bits per heavy atom. The van der Waals surface area contributed by atoms with Crippen LogP contribution in [0.25, 0.3) is 26.9 Å². The first kappa shape index (κ1) is 20.6. The van der Waals surface area contributed by atoms with Crippen LogP contribution in [0, 0.1) is 12.9 Å². The maximum absolute atomic E-state index is 13.3. The van der Waals surface area contributed by atoms with Gasteiger partial charge in [0.25, 0.3) is 0 Å². The fraction of sp³-hybridized carbons (Fsp3) is 0.185. The third-order valence-electron chi connectivity index (χ3n) is 6.12. The molecule has 0 spiro atoms. The normalized spacial score (nSPS) is 16.9. The van der Waals surface area contributed by atoms with Gasteiger partial charge in [0, 0.05) is 28.4 Å². The Labute approximate surface area is 191 Å². The molecule has 4 aromatic rings. The molecule has 0 fully saturated rings. The number of halogens is 1. The van der Waals surface area contributed by atoms with Crippen LogP contribution >= 0.6 is 11.3 Å². The monoisotopic (exact) mass is 441 g/mol. The van der Waals surface area contributed by atoms with Crippen molar-refractivity contribution in [3.8, 4) is 11.1 Å². The zero-order valence-corrected chi connectivity index (χ0v) is 19.1. The van der Waals surface area contributed by atoms with Crippen LogP contribution in [0.3, 0.4) is 0 Å². The molecule has 1 aliphatic rings. The van der Waals surface area contributed by atoms with E-state index in [1.807, 2.05) is 18.3 Å². The van der Waals surface area contributed by atoms with Crippen molar-refractivity contribution >= 4 is 33.3 Å². The van der Waals surface area contributed by atoms with Crippen molar-refractivity contribution < 1.29 is 4.39 Å². The van der Waals surface area contributed by atoms with E-state index in [4.69, 9.17) is 0 Å². The Balaban J connectivity index is 1.52. The summed E-state index contributed by atoms with van der Waals surface area (Å²) in [6.45, 7) is 6.50. The van der Waals surface area contributed by atoms with Crippen molar-refractivity contribution in [2.24, 2.45) is 4.99 Å². The minimum atomic E-state index is -0.467. The summed E-state index contributed by atoms with van der Waals surface area (Å²) in [5.74, 6) is -0.467. The number of hydrogen-bond acceptors (Lipinski definition) is 4. The highest BCUT2D eigenvalue weighted by Gasteiger charge is 2.26. The smallest absolute Gasteiger partial charge is 0.212 e. The molecule has 1 unspecified atom stereocenters. The molecule has 2 aromatic heterocycles. The summed E-state index contributed by atoms with van der Waals surface area (Å²) < 4.78 is 14.6. The van der Waals surface area contributed by atoms with Crippen LogP contribution in [0.1, 0.15) is 36.6 Å². The number of thiophene rings is 1. The van der Waals surface area contributed by atoms with Crippen LogP contribution in [-0.2, 0) is 0 Å². The molecule has 0 saturated carbocycles. The predicted octanol–water partition coefficient (Wildman–Crippen LogP) is 7.25. The molecule has 1 aliphatic heterocycles. The number of rotatable bonds is 4. The van der Waals surface area contributed by atoms with E-state index in [-0.39, 0.29) is 12.2 Å².